The summed E-state index contributed by atoms with van der Waals surface area (Å²) in [6.07, 6.45) is 1.70. The smallest absolute Gasteiger partial charge is 0.181 e. The quantitative estimate of drug-likeness (QED) is 0.915. The molecule has 2 rings (SSSR count). The average Bonchev–Trinajstić information content (AvgIpc) is 2.68. The summed E-state index contributed by atoms with van der Waals surface area (Å²) in [7, 11) is 0. The van der Waals surface area contributed by atoms with Gasteiger partial charge in [0.15, 0.2) is 5.82 Å². The second-order valence-corrected chi connectivity index (χ2v) is 2.99. The molecule has 1 heterocycles. The topological polar surface area (TPSA) is 56.7 Å². The third-order valence-corrected chi connectivity index (χ3v) is 1.93. The van der Waals surface area contributed by atoms with E-state index in [1.54, 1.807) is 11.0 Å². The maximum Gasteiger partial charge on any atom is 0.181 e. The van der Waals surface area contributed by atoms with Crippen LogP contribution in [-0.4, -0.2) is 21.3 Å². The highest BCUT2D eigenvalue weighted by molar-refractivity contribution is 5.85. The fraction of sp³-hybridized carbons (Fsp3) is 0.200. The Morgan fingerprint density at radius 2 is 1.81 bits per heavy atom. The summed E-state index contributed by atoms with van der Waals surface area (Å²) in [4.78, 5) is 4.20. The van der Waals surface area contributed by atoms with E-state index in [2.05, 4.69) is 10.1 Å². The number of aromatic nitrogens is 3. The molecule has 0 saturated heterocycles. The van der Waals surface area contributed by atoms with Crippen molar-refractivity contribution >= 4 is 24.8 Å². The van der Waals surface area contributed by atoms with Crippen molar-refractivity contribution in [1.82, 2.24) is 14.8 Å². The van der Waals surface area contributed by atoms with E-state index in [0.29, 0.717) is 13.1 Å². The molecule has 1 aromatic carbocycles. The standard InChI is InChI=1S/C10H12N4.2ClH/c11-6-7-14-8-12-10(13-14)9-4-2-1-3-5-9;;/h1-5,8H,6-7,11H2;2*1H. The van der Waals surface area contributed by atoms with Crippen molar-refractivity contribution < 1.29 is 0 Å². The highest BCUT2D eigenvalue weighted by Crippen LogP contribution is 2.12. The molecule has 0 aliphatic heterocycles. The molecule has 6 heteroatoms. The highest BCUT2D eigenvalue weighted by atomic mass is 35.5. The molecule has 0 saturated carbocycles. The SMILES string of the molecule is Cl.Cl.NCCn1cnc(-c2ccccc2)n1. The molecule has 4 nitrogen and oxygen atoms in total. The molecule has 2 N–H and O–H groups in total. The lowest BCUT2D eigenvalue weighted by Crippen LogP contribution is -2.10. The van der Waals surface area contributed by atoms with Crippen LogP contribution < -0.4 is 5.73 Å². The lowest BCUT2D eigenvalue weighted by atomic mass is 10.2. The van der Waals surface area contributed by atoms with Crippen LogP contribution in [0.2, 0.25) is 0 Å². The van der Waals surface area contributed by atoms with E-state index in [-0.39, 0.29) is 24.8 Å². The molecule has 0 atom stereocenters. The fourth-order valence-electron chi connectivity index (χ4n) is 1.25. The van der Waals surface area contributed by atoms with Crippen LogP contribution in [0.25, 0.3) is 11.4 Å². The van der Waals surface area contributed by atoms with Crippen LogP contribution in [0.1, 0.15) is 0 Å². The van der Waals surface area contributed by atoms with Crippen LogP contribution in [-0.2, 0) is 6.54 Å². The summed E-state index contributed by atoms with van der Waals surface area (Å²) in [6.45, 7) is 1.29. The zero-order chi connectivity index (χ0) is 9.80. The highest BCUT2D eigenvalue weighted by Gasteiger charge is 2.01. The summed E-state index contributed by atoms with van der Waals surface area (Å²) in [5, 5.41) is 4.30. The molecule has 16 heavy (non-hydrogen) atoms. The zero-order valence-electron chi connectivity index (χ0n) is 8.61. The largest absolute Gasteiger partial charge is 0.329 e. The second kappa shape index (κ2) is 7.22. The summed E-state index contributed by atoms with van der Waals surface area (Å²) >= 11 is 0. The number of nitrogens with two attached hydrogens (primary N) is 1. The third kappa shape index (κ3) is 3.48. The van der Waals surface area contributed by atoms with Gasteiger partial charge in [0.05, 0.1) is 6.54 Å². The molecule has 0 fully saturated rings. The van der Waals surface area contributed by atoms with Crippen LogP contribution in [0.4, 0.5) is 0 Å². The van der Waals surface area contributed by atoms with Crippen molar-refractivity contribution in [1.29, 1.82) is 0 Å². The third-order valence-electron chi connectivity index (χ3n) is 1.93. The van der Waals surface area contributed by atoms with Gasteiger partial charge in [-0.05, 0) is 0 Å². The number of benzene rings is 1. The first-order valence-electron chi connectivity index (χ1n) is 4.55. The Balaban J connectivity index is 0.00000112. The van der Waals surface area contributed by atoms with E-state index in [9.17, 15) is 0 Å². The summed E-state index contributed by atoms with van der Waals surface area (Å²) in [5.74, 6) is 0.749. The Hall–Kier alpha value is -1.10. The van der Waals surface area contributed by atoms with Gasteiger partial charge in [-0.25, -0.2) is 4.98 Å². The number of halogens is 2. The van der Waals surface area contributed by atoms with Crippen molar-refractivity contribution in [2.75, 3.05) is 6.54 Å². The van der Waals surface area contributed by atoms with Gasteiger partial charge >= 0.3 is 0 Å². The average molecular weight is 261 g/mol. The monoisotopic (exact) mass is 260 g/mol. The summed E-state index contributed by atoms with van der Waals surface area (Å²) < 4.78 is 1.75. The first-order chi connectivity index (χ1) is 6.90. The molecule has 88 valence electrons. The van der Waals surface area contributed by atoms with Crippen molar-refractivity contribution in [2.24, 2.45) is 5.73 Å². The van der Waals surface area contributed by atoms with Crippen LogP contribution in [0.15, 0.2) is 36.7 Å². The molecular weight excluding hydrogens is 247 g/mol. The van der Waals surface area contributed by atoms with Crippen molar-refractivity contribution in [3.05, 3.63) is 36.7 Å². The Bertz CT molecular complexity index is 402. The summed E-state index contributed by atoms with van der Waals surface area (Å²) in [6, 6.07) is 9.89. The van der Waals surface area contributed by atoms with Gasteiger partial charge in [0, 0.05) is 12.1 Å². The van der Waals surface area contributed by atoms with Crippen LogP contribution >= 0.6 is 24.8 Å². The lowest BCUT2D eigenvalue weighted by molar-refractivity contribution is 0.625. The predicted molar refractivity (Wildman–Crippen MR) is 69.0 cm³/mol. The van der Waals surface area contributed by atoms with Gasteiger partial charge in [-0.15, -0.1) is 24.8 Å². The van der Waals surface area contributed by atoms with Gasteiger partial charge in [0.1, 0.15) is 6.33 Å². The van der Waals surface area contributed by atoms with E-state index in [0.717, 1.165) is 11.4 Å². The Morgan fingerprint density at radius 3 is 2.44 bits per heavy atom. The van der Waals surface area contributed by atoms with Gasteiger partial charge in [-0.1, -0.05) is 30.3 Å². The number of hydrogen-bond acceptors (Lipinski definition) is 3. The predicted octanol–water partition coefficient (Wildman–Crippen LogP) is 1.75. The van der Waals surface area contributed by atoms with Gasteiger partial charge in [-0.3, -0.25) is 4.68 Å². The maximum absolute atomic E-state index is 5.42. The van der Waals surface area contributed by atoms with Crippen LogP contribution in [0.3, 0.4) is 0 Å². The normalized spacial score (nSPS) is 9.06. The Morgan fingerprint density at radius 1 is 1.12 bits per heavy atom. The van der Waals surface area contributed by atoms with Crippen LogP contribution in [0, 0.1) is 0 Å². The van der Waals surface area contributed by atoms with Gasteiger partial charge in [0.25, 0.3) is 0 Å². The fourth-order valence-corrected chi connectivity index (χ4v) is 1.25. The molecule has 0 bridgehead atoms. The number of hydrogen-bond donors (Lipinski definition) is 1. The molecule has 0 aliphatic carbocycles. The minimum Gasteiger partial charge on any atom is -0.329 e. The van der Waals surface area contributed by atoms with Crippen molar-refractivity contribution in [3.63, 3.8) is 0 Å². The molecule has 2 aromatic rings. The molecule has 0 radical (unpaired) electrons. The van der Waals surface area contributed by atoms with E-state index in [1.807, 2.05) is 30.3 Å². The Labute approximate surface area is 107 Å². The maximum atomic E-state index is 5.42. The lowest BCUT2D eigenvalue weighted by Gasteiger charge is -1.95. The molecule has 0 amide bonds. The van der Waals surface area contributed by atoms with Gasteiger partial charge in [-0.2, -0.15) is 5.10 Å². The van der Waals surface area contributed by atoms with Gasteiger partial charge < -0.3 is 5.73 Å². The molecular formula is C10H14Cl2N4. The molecule has 0 aliphatic rings. The van der Waals surface area contributed by atoms with Crippen LogP contribution in [0.5, 0.6) is 0 Å². The second-order valence-electron chi connectivity index (χ2n) is 2.99. The van der Waals surface area contributed by atoms with Crippen molar-refractivity contribution in [3.8, 4) is 11.4 Å². The van der Waals surface area contributed by atoms with E-state index in [1.165, 1.54) is 0 Å². The minimum atomic E-state index is 0. The minimum absolute atomic E-state index is 0. The van der Waals surface area contributed by atoms with E-state index >= 15 is 0 Å². The molecule has 0 unspecified atom stereocenters. The van der Waals surface area contributed by atoms with E-state index < -0.39 is 0 Å². The number of nitrogens with zero attached hydrogens (tertiary/aromatic N) is 3. The molecule has 0 spiro atoms. The first-order valence-corrected chi connectivity index (χ1v) is 4.55. The summed E-state index contributed by atoms with van der Waals surface area (Å²) in [5.41, 5.74) is 6.45. The first kappa shape index (κ1) is 14.9. The van der Waals surface area contributed by atoms with Gasteiger partial charge in [0.2, 0.25) is 0 Å². The molecule has 1 aromatic heterocycles. The zero-order valence-corrected chi connectivity index (χ0v) is 10.2. The number of rotatable bonds is 3. The van der Waals surface area contributed by atoms with Crippen molar-refractivity contribution in [2.45, 2.75) is 6.54 Å². The van der Waals surface area contributed by atoms with E-state index in [4.69, 9.17) is 5.73 Å². The Kier molecular flexibility index (Phi) is 6.72.